The number of para-hydroxylation sites is 2. The summed E-state index contributed by atoms with van der Waals surface area (Å²) in [5.74, 6) is 1.03. The maximum absolute atomic E-state index is 4.78. The highest BCUT2D eigenvalue weighted by Gasteiger charge is 2.14. The van der Waals surface area contributed by atoms with E-state index >= 15 is 0 Å². The fourth-order valence-corrected chi connectivity index (χ4v) is 2.63. The summed E-state index contributed by atoms with van der Waals surface area (Å²) in [6, 6.07) is 17.0. The Bertz CT molecular complexity index is 711. The molecule has 0 fully saturated rings. The van der Waals surface area contributed by atoms with Gasteiger partial charge in [-0.05, 0) is 38.1 Å². The van der Waals surface area contributed by atoms with Gasteiger partial charge in [0.25, 0.3) is 0 Å². The number of benzene rings is 2. The van der Waals surface area contributed by atoms with Gasteiger partial charge in [-0.15, -0.1) is 0 Å². The van der Waals surface area contributed by atoms with Crippen molar-refractivity contribution in [3.8, 4) is 11.4 Å². The average Bonchev–Trinajstić information content (AvgIpc) is 2.78. The maximum Gasteiger partial charge on any atom is 0.141 e. The number of nitrogens with zero attached hydrogens (tertiary/aromatic N) is 2. The zero-order valence-electron chi connectivity index (χ0n) is 11.0. The number of rotatable bonds is 2. The smallest absolute Gasteiger partial charge is 0.141 e. The molecule has 3 rings (SSSR count). The molecule has 0 bridgehead atoms. The molecule has 0 spiro atoms. The van der Waals surface area contributed by atoms with Crippen molar-refractivity contribution >= 4 is 27.0 Å². The van der Waals surface area contributed by atoms with Crippen LogP contribution in [0, 0.1) is 0 Å². The standard InChI is InChI=1S/C16H15BrN2/c1-11(2)19-15-6-4-3-5-14(15)18-16(19)12-7-9-13(17)10-8-12/h3-11H,1-2H3. The molecule has 1 aromatic heterocycles. The highest BCUT2D eigenvalue weighted by atomic mass is 79.9. The number of fused-ring (bicyclic) bond motifs is 1. The van der Waals surface area contributed by atoms with Crippen molar-refractivity contribution in [2.75, 3.05) is 0 Å². The maximum atomic E-state index is 4.78. The van der Waals surface area contributed by atoms with Crippen molar-refractivity contribution in [2.45, 2.75) is 19.9 Å². The van der Waals surface area contributed by atoms with Gasteiger partial charge in [-0.25, -0.2) is 4.98 Å². The number of halogens is 1. The first-order chi connectivity index (χ1) is 9.16. The minimum Gasteiger partial charge on any atom is -0.321 e. The van der Waals surface area contributed by atoms with Gasteiger partial charge >= 0.3 is 0 Å². The van der Waals surface area contributed by atoms with Gasteiger partial charge in [0, 0.05) is 16.1 Å². The third-order valence-electron chi connectivity index (χ3n) is 3.21. The zero-order chi connectivity index (χ0) is 13.4. The second-order valence-corrected chi connectivity index (χ2v) is 5.81. The molecule has 0 aliphatic rings. The van der Waals surface area contributed by atoms with Crippen LogP contribution >= 0.6 is 15.9 Å². The Morgan fingerprint density at radius 3 is 2.37 bits per heavy atom. The van der Waals surface area contributed by atoms with Crippen LogP contribution in [0.4, 0.5) is 0 Å². The van der Waals surface area contributed by atoms with Crippen molar-refractivity contribution in [1.29, 1.82) is 0 Å². The van der Waals surface area contributed by atoms with Crippen LogP contribution in [0.3, 0.4) is 0 Å². The second-order valence-electron chi connectivity index (χ2n) is 4.89. The minimum absolute atomic E-state index is 0.381. The van der Waals surface area contributed by atoms with Crippen LogP contribution in [0.5, 0.6) is 0 Å². The van der Waals surface area contributed by atoms with E-state index in [1.54, 1.807) is 0 Å². The molecule has 3 heteroatoms. The predicted molar refractivity (Wildman–Crippen MR) is 83.3 cm³/mol. The SMILES string of the molecule is CC(C)n1c(-c2ccc(Br)cc2)nc2ccccc21. The van der Waals surface area contributed by atoms with Crippen molar-refractivity contribution in [2.24, 2.45) is 0 Å². The van der Waals surface area contributed by atoms with E-state index in [0.717, 1.165) is 21.4 Å². The topological polar surface area (TPSA) is 17.8 Å². The van der Waals surface area contributed by atoms with Gasteiger partial charge in [-0.2, -0.15) is 0 Å². The van der Waals surface area contributed by atoms with Crippen LogP contribution in [0.15, 0.2) is 53.0 Å². The van der Waals surface area contributed by atoms with Crippen LogP contribution in [0.1, 0.15) is 19.9 Å². The molecule has 0 saturated carbocycles. The summed E-state index contributed by atoms with van der Waals surface area (Å²) in [4.78, 5) is 4.78. The number of hydrogen-bond acceptors (Lipinski definition) is 1. The Balaban J connectivity index is 2.28. The molecular formula is C16H15BrN2. The van der Waals surface area contributed by atoms with E-state index in [0.29, 0.717) is 6.04 Å². The van der Waals surface area contributed by atoms with E-state index in [1.807, 2.05) is 6.07 Å². The Hall–Kier alpha value is -1.61. The average molecular weight is 315 g/mol. The highest BCUT2D eigenvalue weighted by molar-refractivity contribution is 9.10. The van der Waals surface area contributed by atoms with Crippen molar-refractivity contribution in [1.82, 2.24) is 9.55 Å². The molecule has 0 unspecified atom stereocenters. The lowest BCUT2D eigenvalue weighted by molar-refractivity contribution is 0.624. The van der Waals surface area contributed by atoms with E-state index < -0.39 is 0 Å². The lowest BCUT2D eigenvalue weighted by Crippen LogP contribution is -2.02. The first kappa shape index (κ1) is 12.4. The van der Waals surface area contributed by atoms with Crippen LogP contribution in [0.25, 0.3) is 22.4 Å². The molecule has 0 radical (unpaired) electrons. The van der Waals surface area contributed by atoms with E-state index in [9.17, 15) is 0 Å². The Morgan fingerprint density at radius 2 is 1.68 bits per heavy atom. The van der Waals surface area contributed by atoms with Gasteiger partial charge in [0.05, 0.1) is 11.0 Å². The molecule has 2 aromatic carbocycles. The molecule has 0 aliphatic heterocycles. The number of imidazole rings is 1. The quantitative estimate of drug-likeness (QED) is 0.647. The molecule has 0 aliphatic carbocycles. The highest BCUT2D eigenvalue weighted by Crippen LogP contribution is 2.28. The zero-order valence-corrected chi connectivity index (χ0v) is 12.6. The lowest BCUT2D eigenvalue weighted by atomic mass is 10.2. The largest absolute Gasteiger partial charge is 0.321 e. The molecule has 19 heavy (non-hydrogen) atoms. The van der Waals surface area contributed by atoms with Crippen LogP contribution in [0.2, 0.25) is 0 Å². The molecule has 0 atom stereocenters. The first-order valence-corrected chi connectivity index (χ1v) is 7.19. The third-order valence-corrected chi connectivity index (χ3v) is 3.74. The van der Waals surface area contributed by atoms with Gasteiger partial charge in [-0.1, -0.05) is 40.2 Å². The summed E-state index contributed by atoms with van der Waals surface area (Å²) in [6.07, 6.45) is 0. The van der Waals surface area contributed by atoms with Gasteiger partial charge in [0.15, 0.2) is 0 Å². The molecule has 0 amide bonds. The van der Waals surface area contributed by atoms with Crippen LogP contribution < -0.4 is 0 Å². The van der Waals surface area contributed by atoms with Gasteiger partial charge in [0.2, 0.25) is 0 Å². The normalized spacial score (nSPS) is 11.4. The summed E-state index contributed by atoms with van der Waals surface area (Å²) in [5.41, 5.74) is 3.39. The number of hydrogen-bond donors (Lipinski definition) is 0. The Labute approximate surface area is 121 Å². The fraction of sp³-hybridized carbons (Fsp3) is 0.188. The van der Waals surface area contributed by atoms with Crippen molar-refractivity contribution in [3.05, 3.63) is 53.0 Å². The van der Waals surface area contributed by atoms with E-state index in [1.165, 1.54) is 5.52 Å². The van der Waals surface area contributed by atoms with E-state index in [4.69, 9.17) is 4.98 Å². The van der Waals surface area contributed by atoms with Crippen LogP contribution in [-0.2, 0) is 0 Å². The third kappa shape index (κ3) is 2.19. The van der Waals surface area contributed by atoms with Crippen molar-refractivity contribution in [3.63, 3.8) is 0 Å². The molecule has 2 nitrogen and oxygen atoms in total. The first-order valence-electron chi connectivity index (χ1n) is 6.40. The minimum atomic E-state index is 0.381. The Morgan fingerprint density at radius 1 is 1.00 bits per heavy atom. The molecule has 1 heterocycles. The number of aromatic nitrogens is 2. The molecule has 3 aromatic rings. The van der Waals surface area contributed by atoms with Gasteiger partial charge < -0.3 is 4.57 Å². The van der Waals surface area contributed by atoms with E-state index in [2.05, 4.69) is 76.8 Å². The Kier molecular flexibility index (Phi) is 3.15. The molecular weight excluding hydrogens is 300 g/mol. The van der Waals surface area contributed by atoms with Crippen LogP contribution in [-0.4, -0.2) is 9.55 Å². The monoisotopic (exact) mass is 314 g/mol. The van der Waals surface area contributed by atoms with Crippen molar-refractivity contribution < 1.29 is 0 Å². The summed E-state index contributed by atoms with van der Waals surface area (Å²) in [5, 5.41) is 0. The summed E-state index contributed by atoms with van der Waals surface area (Å²) >= 11 is 3.47. The molecule has 0 saturated heterocycles. The molecule has 96 valence electrons. The lowest BCUT2D eigenvalue weighted by Gasteiger charge is -2.13. The molecule has 0 N–H and O–H groups in total. The fourth-order valence-electron chi connectivity index (χ4n) is 2.37. The van der Waals surface area contributed by atoms with E-state index in [-0.39, 0.29) is 0 Å². The predicted octanol–water partition coefficient (Wildman–Crippen LogP) is 5.05. The second kappa shape index (κ2) is 4.82. The van der Waals surface area contributed by atoms with Gasteiger partial charge in [0.1, 0.15) is 5.82 Å². The van der Waals surface area contributed by atoms with Gasteiger partial charge in [-0.3, -0.25) is 0 Å². The summed E-state index contributed by atoms with van der Waals surface area (Å²) < 4.78 is 3.38. The summed E-state index contributed by atoms with van der Waals surface area (Å²) in [7, 11) is 0. The summed E-state index contributed by atoms with van der Waals surface area (Å²) in [6.45, 7) is 4.38.